The Morgan fingerprint density at radius 3 is 2.71 bits per heavy atom. The topological polar surface area (TPSA) is 20.2 Å². The Morgan fingerprint density at radius 2 is 2.07 bits per heavy atom. The lowest BCUT2D eigenvalue weighted by atomic mass is 10.2. The lowest BCUT2D eigenvalue weighted by Crippen LogP contribution is -1.99. The second-order valence-electron chi connectivity index (χ2n) is 3.12. The van der Waals surface area contributed by atoms with Crippen molar-refractivity contribution in [3.8, 4) is 0 Å². The molecule has 1 N–H and O–H groups in total. The van der Waals surface area contributed by atoms with Crippen LogP contribution in [0.15, 0.2) is 46.7 Å². The number of aliphatic hydroxyl groups is 1. The van der Waals surface area contributed by atoms with Crippen LogP contribution in [0, 0.1) is 0 Å². The molecular formula is C12H16OS. The molecule has 0 aliphatic rings. The van der Waals surface area contributed by atoms with Crippen molar-refractivity contribution in [3.63, 3.8) is 0 Å². The highest BCUT2D eigenvalue weighted by atomic mass is 32.2. The summed E-state index contributed by atoms with van der Waals surface area (Å²) in [7, 11) is 0. The van der Waals surface area contributed by atoms with E-state index in [-0.39, 0.29) is 6.10 Å². The maximum Gasteiger partial charge on any atom is 0.0728 e. The summed E-state index contributed by atoms with van der Waals surface area (Å²) in [6.07, 6.45) is 3.41. The van der Waals surface area contributed by atoms with E-state index in [2.05, 4.69) is 19.1 Å². The van der Waals surface area contributed by atoms with E-state index in [9.17, 15) is 5.11 Å². The Morgan fingerprint density at radius 1 is 1.36 bits per heavy atom. The van der Waals surface area contributed by atoms with Gasteiger partial charge in [0.15, 0.2) is 0 Å². The summed E-state index contributed by atoms with van der Waals surface area (Å²) >= 11 is 1.63. The van der Waals surface area contributed by atoms with E-state index in [1.165, 1.54) is 4.90 Å². The molecule has 0 spiro atoms. The van der Waals surface area contributed by atoms with Crippen LogP contribution in [0.25, 0.3) is 0 Å². The van der Waals surface area contributed by atoms with Gasteiger partial charge in [0.05, 0.1) is 6.10 Å². The molecule has 76 valence electrons. The van der Waals surface area contributed by atoms with Crippen LogP contribution in [0.5, 0.6) is 0 Å². The molecular weight excluding hydrogens is 192 g/mol. The third kappa shape index (κ3) is 4.49. The summed E-state index contributed by atoms with van der Waals surface area (Å²) in [4.78, 5) is 1.20. The molecule has 0 amide bonds. The van der Waals surface area contributed by atoms with Gasteiger partial charge in [-0.05, 0) is 30.0 Å². The minimum Gasteiger partial charge on any atom is -0.389 e. The third-order valence-corrected chi connectivity index (χ3v) is 2.67. The maximum atomic E-state index is 9.43. The first kappa shape index (κ1) is 11.3. The van der Waals surface area contributed by atoms with Gasteiger partial charge >= 0.3 is 0 Å². The van der Waals surface area contributed by atoms with Crippen LogP contribution in [0.2, 0.25) is 0 Å². The number of benzene rings is 1. The summed E-state index contributed by atoms with van der Waals surface area (Å²) in [5.74, 6) is 0. The van der Waals surface area contributed by atoms with E-state index in [4.69, 9.17) is 0 Å². The van der Waals surface area contributed by atoms with Crippen LogP contribution in [-0.4, -0.2) is 11.2 Å². The van der Waals surface area contributed by atoms with E-state index in [0.29, 0.717) is 0 Å². The molecule has 0 saturated carbocycles. The molecule has 0 aliphatic heterocycles. The molecule has 0 saturated heterocycles. The molecule has 0 fully saturated rings. The van der Waals surface area contributed by atoms with E-state index in [1.807, 2.05) is 29.7 Å². The SMILES string of the molecule is CCC[C@H](O)/C=C/Sc1ccccc1. The molecule has 14 heavy (non-hydrogen) atoms. The maximum absolute atomic E-state index is 9.43. The summed E-state index contributed by atoms with van der Waals surface area (Å²) in [6.45, 7) is 2.07. The smallest absolute Gasteiger partial charge is 0.0728 e. The van der Waals surface area contributed by atoms with E-state index < -0.39 is 0 Å². The Labute approximate surface area is 89.8 Å². The number of hydrogen-bond acceptors (Lipinski definition) is 2. The molecule has 1 rings (SSSR count). The van der Waals surface area contributed by atoms with Crippen molar-refractivity contribution >= 4 is 11.8 Å². The van der Waals surface area contributed by atoms with Crippen LogP contribution in [0.3, 0.4) is 0 Å². The minimum absolute atomic E-state index is 0.295. The van der Waals surface area contributed by atoms with Gasteiger partial charge in [-0.1, -0.05) is 43.3 Å². The Kier molecular flexibility index (Phi) is 5.42. The standard InChI is InChI=1S/C12H16OS/c1-2-6-11(13)9-10-14-12-7-4-3-5-8-12/h3-5,7-11,13H,2,6H2,1H3/b10-9+/t11-/m0/s1. The lowest BCUT2D eigenvalue weighted by molar-refractivity contribution is 0.212. The number of rotatable bonds is 5. The van der Waals surface area contributed by atoms with E-state index >= 15 is 0 Å². The van der Waals surface area contributed by atoms with Gasteiger partial charge < -0.3 is 5.11 Å². The van der Waals surface area contributed by atoms with Crippen molar-refractivity contribution in [3.05, 3.63) is 41.8 Å². The summed E-state index contributed by atoms with van der Waals surface area (Å²) < 4.78 is 0. The molecule has 0 unspecified atom stereocenters. The summed E-state index contributed by atoms with van der Waals surface area (Å²) in [5, 5.41) is 11.4. The van der Waals surface area contributed by atoms with Crippen molar-refractivity contribution < 1.29 is 5.11 Å². The van der Waals surface area contributed by atoms with Gasteiger partial charge in [0, 0.05) is 4.90 Å². The van der Waals surface area contributed by atoms with Crippen LogP contribution in [0.4, 0.5) is 0 Å². The van der Waals surface area contributed by atoms with Gasteiger partial charge in [0.25, 0.3) is 0 Å². The number of aliphatic hydroxyl groups excluding tert-OH is 1. The predicted octanol–water partition coefficient (Wildman–Crippen LogP) is 3.45. The van der Waals surface area contributed by atoms with Gasteiger partial charge in [-0.25, -0.2) is 0 Å². The van der Waals surface area contributed by atoms with Crippen molar-refractivity contribution in [1.82, 2.24) is 0 Å². The molecule has 2 heteroatoms. The fourth-order valence-electron chi connectivity index (χ4n) is 1.10. The summed E-state index contributed by atoms with van der Waals surface area (Å²) in [6, 6.07) is 10.1. The Balaban J connectivity index is 2.33. The summed E-state index contributed by atoms with van der Waals surface area (Å²) in [5.41, 5.74) is 0. The quantitative estimate of drug-likeness (QED) is 0.748. The number of thioether (sulfide) groups is 1. The zero-order valence-electron chi connectivity index (χ0n) is 8.39. The van der Waals surface area contributed by atoms with Crippen molar-refractivity contribution in [2.24, 2.45) is 0 Å². The molecule has 0 aromatic heterocycles. The zero-order chi connectivity index (χ0) is 10.2. The monoisotopic (exact) mass is 208 g/mol. The molecule has 0 aliphatic carbocycles. The lowest BCUT2D eigenvalue weighted by Gasteiger charge is -2.01. The zero-order valence-corrected chi connectivity index (χ0v) is 9.20. The molecule has 0 bridgehead atoms. The highest BCUT2D eigenvalue weighted by Gasteiger charge is 1.95. The van der Waals surface area contributed by atoms with Crippen LogP contribution in [-0.2, 0) is 0 Å². The molecule has 0 heterocycles. The fraction of sp³-hybridized carbons (Fsp3) is 0.333. The van der Waals surface area contributed by atoms with E-state index in [1.54, 1.807) is 11.8 Å². The normalized spacial score (nSPS) is 13.3. The Bertz CT molecular complexity index is 269. The number of hydrogen-bond donors (Lipinski definition) is 1. The molecule has 1 nitrogen and oxygen atoms in total. The molecule has 1 atom stereocenters. The van der Waals surface area contributed by atoms with Gasteiger partial charge in [-0.3, -0.25) is 0 Å². The van der Waals surface area contributed by atoms with Crippen molar-refractivity contribution in [2.45, 2.75) is 30.8 Å². The van der Waals surface area contributed by atoms with Crippen molar-refractivity contribution in [2.75, 3.05) is 0 Å². The third-order valence-electron chi connectivity index (χ3n) is 1.83. The van der Waals surface area contributed by atoms with Gasteiger partial charge in [-0.2, -0.15) is 0 Å². The first-order valence-corrected chi connectivity index (χ1v) is 5.77. The molecule has 1 aromatic rings. The highest BCUT2D eigenvalue weighted by Crippen LogP contribution is 2.18. The largest absolute Gasteiger partial charge is 0.389 e. The molecule has 0 radical (unpaired) electrons. The highest BCUT2D eigenvalue weighted by molar-refractivity contribution is 8.02. The van der Waals surface area contributed by atoms with Crippen LogP contribution >= 0.6 is 11.8 Å². The second kappa shape index (κ2) is 6.68. The Hall–Kier alpha value is -0.730. The average molecular weight is 208 g/mol. The second-order valence-corrected chi connectivity index (χ2v) is 4.09. The first-order valence-electron chi connectivity index (χ1n) is 4.89. The van der Waals surface area contributed by atoms with Crippen LogP contribution < -0.4 is 0 Å². The average Bonchev–Trinajstić information content (AvgIpc) is 2.20. The van der Waals surface area contributed by atoms with Crippen molar-refractivity contribution in [1.29, 1.82) is 0 Å². The van der Waals surface area contributed by atoms with E-state index in [0.717, 1.165) is 12.8 Å². The predicted molar refractivity (Wildman–Crippen MR) is 62.4 cm³/mol. The van der Waals surface area contributed by atoms with Gasteiger partial charge in [-0.15, -0.1) is 0 Å². The van der Waals surface area contributed by atoms with Gasteiger partial charge in [0.1, 0.15) is 0 Å². The first-order chi connectivity index (χ1) is 6.83. The van der Waals surface area contributed by atoms with Gasteiger partial charge in [0.2, 0.25) is 0 Å². The van der Waals surface area contributed by atoms with Crippen LogP contribution in [0.1, 0.15) is 19.8 Å². The molecule has 1 aromatic carbocycles. The minimum atomic E-state index is -0.295. The fourth-order valence-corrected chi connectivity index (χ4v) is 1.83.